The number of amides is 2. The summed E-state index contributed by atoms with van der Waals surface area (Å²) < 4.78 is 31.7. The molecule has 0 bridgehead atoms. The number of alkyl halides is 3. The number of carbonyl (C=O) groups is 3. The lowest BCUT2D eigenvalue weighted by atomic mass is 10.2. The Labute approximate surface area is 129 Å². The standard InChI is InChI=1S/C10H17N3O3.C2HF3O2/c1-7(4-9(14)15)13-6-8-5-11-2-3-12(8)10(13)16;3-2(4,5)1(6)7/h7-8,11H,2-6H2,1H3,(H,14,15);(H,6,7)/t7-,8+;/m1./s1. The second-order valence-electron chi connectivity index (χ2n) is 5.24. The largest absolute Gasteiger partial charge is 0.490 e. The number of nitrogens with zero attached hydrogens (tertiary/aromatic N) is 2. The maximum Gasteiger partial charge on any atom is 0.490 e. The first-order valence-electron chi connectivity index (χ1n) is 6.84. The van der Waals surface area contributed by atoms with E-state index in [1.165, 1.54) is 0 Å². The lowest BCUT2D eigenvalue weighted by Crippen LogP contribution is -2.50. The molecule has 2 rings (SSSR count). The molecule has 3 N–H and O–H groups in total. The molecule has 0 radical (unpaired) electrons. The van der Waals surface area contributed by atoms with E-state index in [-0.39, 0.29) is 24.5 Å². The molecule has 0 aliphatic carbocycles. The zero-order chi connectivity index (χ0) is 17.8. The molecule has 2 aliphatic rings. The summed E-state index contributed by atoms with van der Waals surface area (Å²) in [6.45, 7) is 4.78. The van der Waals surface area contributed by atoms with Crippen molar-refractivity contribution >= 4 is 18.0 Å². The Balaban J connectivity index is 0.000000322. The van der Waals surface area contributed by atoms with E-state index in [1.54, 1.807) is 11.8 Å². The number of nitrogens with one attached hydrogen (secondary N) is 1. The van der Waals surface area contributed by atoms with Crippen LogP contribution in [-0.2, 0) is 9.59 Å². The molecule has 2 amide bonds. The Morgan fingerprint density at radius 3 is 2.39 bits per heavy atom. The smallest absolute Gasteiger partial charge is 0.481 e. The molecule has 132 valence electrons. The number of halogens is 3. The van der Waals surface area contributed by atoms with Gasteiger partial charge >= 0.3 is 24.1 Å². The summed E-state index contributed by atoms with van der Waals surface area (Å²) in [4.78, 5) is 35.0. The third kappa shape index (κ3) is 5.27. The molecule has 2 aliphatic heterocycles. The number of hydrogen-bond acceptors (Lipinski definition) is 4. The summed E-state index contributed by atoms with van der Waals surface area (Å²) >= 11 is 0. The Morgan fingerprint density at radius 1 is 1.39 bits per heavy atom. The highest BCUT2D eigenvalue weighted by Crippen LogP contribution is 2.20. The normalized spacial score (nSPS) is 22.1. The molecule has 11 heteroatoms. The summed E-state index contributed by atoms with van der Waals surface area (Å²) in [6, 6.07) is -0.0339. The topological polar surface area (TPSA) is 110 Å². The van der Waals surface area contributed by atoms with Gasteiger partial charge in [0.05, 0.1) is 12.5 Å². The van der Waals surface area contributed by atoms with Crippen molar-refractivity contribution in [2.75, 3.05) is 26.2 Å². The molecule has 2 fully saturated rings. The van der Waals surface area contributed by atoms with Gasteiger partial charge in [-0.05, 0) is 6.92 Å². The molecule has 23 heavy (non-hydrogen) atoms. The molecule has 0 aromatic heterocycles. The van der Waals surface area contributed by atoms with E-state index in [1.807, 2.05) is 4.90 Å². The SMILES string of the molecule is C[C@H](CC(=O)O)N1C[C@@H]2CNCCN2C1=O.O=C(O)C(F)(F)F. The average Bonchev–Trinajstić information content (AvgIpc) is 2.76. The van der Waals surface area contributed by atoms with Crippen LogP contribution in [0.15, 0.2) is 0 Å². The molecule has 2 saturated heterocycles. The van der Waals surface area contributed by atoms with Gasteiger partial charge in [-0.3, -0.25) is 4.79 Å². The van der Waals surface area contributed by atoms with Crippen LogP contribution in [-0.4, -0.2) is 82.4 Å². The predicted octanol–water partition coefficient (Wildman–Crippen LogP) is 0.192. The predicted molar refractivity (Wildman–Crippen MR) is 70.9 cm³/mol. The van der Waals surface area contributed by atoms with Gasteiger partial charge in [-0.2, -0.15) is 13.2 Å². The fraction of sp³-hybridized carbons (Fsp3) is 0.750. The Kier molecular flexibility index (Phi) is 6.19. The van der Waals surface area contributed by atoms with Gasteiger partial charge in [0.15, 0.2) is 0 Å². The molecule has 2 atom stereocenters. The highest BCUT2D eigenvalue weighted by molar-refractivity contribution is 5.78. The van der Waals surface area contributed by atoms with Crippen LogP contribution in [0.4, 0.5) is 18.0 Å². The van der Waals surface area contributed by atoms with Gasteiger partial charge in [0.2, 0.25) is 0 Å². The van der Waals surface area contributed by atoms with Crippen LogP contribution in [0.1, 0.15) is 13.3 Å². The molecular formula is C12H18F3N3O5. The van der Waals surface area contributed by atoms with Gasteiger partial charge in [0.25, 0.3) is 0 Å². The van der Waals surface area contributed by atoms with Crippen LogP contribution in [0.25, 0.3) is 0 Å². The summed E-state index contributed by atoms with van der Waals surface area (Å²) in [5, 5.41) is 19.1. The maximum atomic E-state index is 12.0. The number of aliphatic carboxylic acids is 2. The lowest BCUT2D eigenvalue weighted by Gasteiger charge is -2.28. The molecule has 0 aromatic carbocycles. The van der Waals surface area contributed by atoms with Crippen LogP contribution >= 0.6 is 0 Å². The molecule has 8 nitrogen and oxygen atoms in total. The van der Waals surface area contributed by atoms with E-state index in [0.29, 0.717) is 6.54 Å². The number of carboxylic acid groups (broad SMARTS) is 2. The van der Waals surface area contributed by atoms with E-state index in [0.717, 1.165) is 19.6 Å². The van der Waals surface area contributed by atoms with Crippen molar-refractivity contribution in [3.8, 4) is 0 Å². The van der Waals surface area contributed by atoms with Crippen molar-refractivity contribution in [3.63, 3.8) is 0 Å². The van der Waals surface area contributed by atoms with Crippen molar-refractivity contribution in [1.29, 1.82) is 0 Å². The number of fused-ring (bicyclic) bond motifs is 1. The van der Waals surface area contributed by atoms with Crippen molar-refractivity contribution in [2.45, 2.75) is 31.6 Å². The number of urea groups is 1. The number of carboxylic acids is 2. The minimum absolute atomic E-state index is 0.0136. The first-order valence-corrected chi connectivity index (χ1v) is 6.84. The van der Waals surface area contributed by atoms with Crippen molar-refractivity contribution in [2.24, 2.45) is 0 Å². The monoisotopic (exact) mass is 341 g/mol. The molecule has 0 saturated carbocycles. The van der Waals surface area contributed by atoms with Gasteiger partial charge in [-0.1, -0.05) is 0 Å². The van der Waals surface area contributed by atoms with E-state index < -0.39 is 18.1 Å². The average molecular weight is 341 g/mol. The highest BCUT2D eigenvalue weighted by atomic mass is 19.4. The molecule has 2 heterocycles. The van der Waals surface area contributed by atoms with E-state index in [4.69, 9.17) is 15.0 Å². The minimum atomic E-state index is -5.08. The summed E-state index contributed by atoms with van der Waals surface area (Å²) in [7, 11) is 0. The first kappa shape index (κ1) is 19.0. The minimum Gasteiger partial charge on any atom is -0.481 e. The van der Waals surface area contributed by atoms with Crippen molar-refractivity contribution in [3.05, 3.63) is 0 Å². The number of hydrogen-bond donors (Lipinski definition) is 3. The Bertz CT molecular complexity index is 471. The second-order valence-corrected chi connectivity index (χ2v) is 5.24. The molecule has 0 unspecified atom stereocenters. The first-order chi connectivity index (χ1) is 10.5. The molecule has 0 aromatic rings. The van der Waals surface area contributed by atoms with E-state index in [2.05, 4.69) is 5.32 Å². The highest BCUT2D eigenvalue weighted by Gasteiger charge is 2.40. The second kappa shape index (κ2) is 7.49. The fourth-order valence-corrected chi connectivity index (χ4v) is 2.38. The van der Waals surface area contributed by atoms with Crippen molar-refractivity contribution in [1.82, 2.24) is 15.1 Å². The maximum absolute atomic E-state index is 12.0. The Morgan fingerprint density at radius 2 is 1.96 bits per heavy atom. The zero-order valence-corrected chi connectivity index (χ0v) is 12.3. The number of piperazine rings is 1. The lowest BCUT2D eigenvalue weighted by molar-refractivity contribution is -0.192. The fourth-order valence-electron chi connectivity index (χ4n) is 2.38. The van der Waals surface area contributed by atoms with Crippen molar-refractivity contribution < 1.29 is 37.8 Å². The summed E-state index contributed by atoms with van der Waals surface area (Å²) in [5.41, 5.74) is 0. The number of rotatable bonds is 3. The van der Waals surface area contributed by atoms with Gasteiger partial charge in [0, 0.05) is 32.2 Å². The van der Waals surface area contributed by atoms with Crippen LogP contribution in [0.5, 0.6) is 0 Å². The van der Waals surface area contributed by atoms with Gasteiger partial charge in [-0.25, -0.2) is 9.59 Å². The van der Waals surface area contributed by atoms with Crippen LogP contribution in [0, 0.1) is 0 Å². The molecular weight excluding hydrogens is 323 g/mol. The Hall–Kier alpha value is -2.04. The molecule has 0 spiro atoms. The van der Waals surface area contributed by atoms with Crippen LogP contribution in [0.2, 0.25) is 0 Å². The summed E-state index contributed by atoms with van der Waals surface area (Å²) in [5.74, 6) is -3.62. The van der Waals surface area contributed by atoms with Gasteiger partial charge < -0.3 is 25.3 Å². The van der Waals surface area contributed by atoms with Gasteiger partial charge in [-0.15, -0.1) is 0 Å². The van der Waals surface area contributed by atoms with E-state index in [9.17, 15) is 22.8 Å². The number of carbonyl (C=O) groups excluding carboxylic acids is 1. The van der Waals surface area contributed by atoms with E-state index >= 15 is 0 Å². The third-order valence-electron chi connectivity index (χ3n) is 3.49. The van der Waals surface area contributed by atoms with Crippen LogP contribution < -0.4 is 5.32 Å². The van der Waals surface area contributed by atoms with Crippen LogP contribution in [0.3, 0.4) is 0 Å². The summed E-state index contributed by atoms with van der Waals surface area (Å²) in [6.07, 6.45) is -5.07. The third-order valence-corrected chi connectivity index (χ3v) is 3.49. The van der Waals surface area contributed by atoms with Gasteiger partial charge in [0.1, 0.15) is 0 Å². The quantitative estimate of drug-likeness (QED) is 0.676. The zero-order valence-electron chi connectivity index (χ0n) is 12.3.